The topological polar surface area (TPSA) is 89.2 Å². The molecule has 112 valence electrons. The molecule has 3 rings (SSSR count). The van der Waals surface area contributed by atoms with Crippen molar-refractivity contribution in [3.63, 3.8) is 0 Å². The van der Waals surface area contributed by atoms with Crippen molar-refractivity contribution in [2.75, 3.05) is 6.54 Å². The molecule has 0 radical (unpaired) electrons. The quantitative estimate of drug-likeness (QED) is 0.834. The lowest BCUT2D eigenvalue weighted by Crippen LogP contribution is -2.37. The van der Waals surface area contributed by atoms with Gasteiger partial charge in [0.05, 0.1) is 23.6 Å². The molecule has 8 heteroatoms. The average molecular weight is 308 g/mol. The van der Waals surface area contributed by atoms with Crippen molar-refractivity contribution in [1.82, 2.24) is 19.4 Å². The van der Waals surface area contributed by atoms with Crippen LogP contribution in [0.25, 0.3) is 0 Å². The van der Waals surface area contributed by atoms with Gasteiger partial charge in [0.1, 0.15) is 5.75 Å². The standard InChI is InChI=1S/C13H16N4O3S/c1-2-10-7-11(20-16-10)9-21(18,19)17-6-3-12-13(8-17)15-5-4-14-12/h4-5,7H,2-3,6,8-9H2,1H3. The Morgan fingerprint density at radius 3 is 2.76 bits per heavy atom. The van der Waals surface area contributed by atoms with Crippen LogP contribution in [0.15, 0.2) is 23.0 Å². The van der Waals surface area contributed by atoms with Gasteiger partial charge in [-0.1, -0.05) is 12.1 Å². The van der Waals surface area contributed by atoms with E-state index in [1.165, 1.54) is 4.31 Å². The van der Waals surface area contributed by atoms with Crippen LogP contribution in [-0.2, 0) is 35.2 Å². The number of aromatic nitrogens is 3. The molecule has 0 aliphatic carbocycles. The predicted molar refractivity (Wildman–Crippen MR) is 74.7 cm³/mol. The van der Waals surface area contributed by atoms with Gasteiger partial charge >= 0.3 is 0 Å². The molecular weight excluding hydrogens is 292 g/mol. The van der Waals surface area contributed by atoms with E-state index < -0.39 is 10.0 Å². The molecule has 0 amide bonds. The highest BCUT2D eigenvalue weighted by Crippen LogP contribution is 2.20. The smallest absolute Gasteiger partial charge is 0.221 e. The van der Waals surface area contributed by atoms with Crippen LogP contribution in [-0.4, -0.2) is 34.4 Å². The van der Waals surface area contributed by atoms with Crippen molar-refractivity contribution >= 4 is 10.0 Å². The van der Waals surface area contributed by atoms with Crippen LogP contribution in [0.3, 0.4) is 0 Å². The van der Waals surface area contributed by atoms with Gasteiger partial charge < -0.3 is 4.52 Å². The summed E-state index contributed by atoms with van der Waals surface area (Å²) in [4.78, 5) is 8.42. The molecule has 0 fully saturated rings. The highest BCUT2D eigenvalue weighted by atomic mass is 32.2. The number of fused-ring (bicyclic) bond motifs is 1. The maximum absolute atomic E-state index is 12.5. The second kappa shape index (κ2) is 5.53. The molecule has 0 saturated heterocycles. The summed E-state index contributed by atoms with van der Waals surface area (Å²) in [6.45, 7) is 2.62. The Kier molecular flexibility index (Phi) is 3.73. The Hall–Kier alpha value is -1.80. The largest absolute Gasteiger partial charge is 0.360 e. The molecule has 0 atom stereocenters. The first-order valence-corrected chi connectivity index (χ1v) is 8.40. The lowest BCUT2D eigenvalue weighted by Gasteiger charge is -2.26. The SMILES string of the molecule is CCc1cc(CS(=O)(=O)N2CCc3nccnc3C2)on1. The Balaban J connectivity index is 1.77. The number of hydrogen-bond donors (Lipinski definition) is 0. The van der Waals surface area contributed by atoms with E-state index in [-0.39, 0.29) is 12.3 Å². The zero-order valence-corrected chi connectivity index (χ0v) is 12.5. The maximum atomic E-state index is 12.5. The molecule has 1 aliphatic heterocycles. The van der Waals surface area contributed by atoms with Crippen molar-refractivity contribution in [1.29, 1.82) is 0 Å². The first-order chi connectivity index (χ1) is 10.1. The normalized spacial score (nSPS) is 15.9. The van der Waals surface area contributed by atoms with Gasteiger partial charge in [0.25, 0.3) is 0 Å². The highest BCUT2D eigenvalue weighted by molar-refractivity contribution is 7.88. The number of hydrogen-bond acceptors (Lipinski definition) is 6. The highest BCUT2D eigenvalue weighted by Gasteiger charge is 2.29. The van der Waals surface area contributed by atoms with Crippen molar-refractivity contribution in [3.8, 4) is 0 Å². The van der Waals surface area contributed by atoms with Gasteiger partial charge in [-0.25, -0.2) is 8.42 Å². The molecule has 3 heterocycles. The number of nitrogens with zero attached hydrogens (tertiary/aromatic N) is 4. The molecule has 21 heavy (non-hydrogen) atoms. The number of sulfonamides is 1. The van der Waals surface area contributed by atoms with Crippen molar-refractivity contribution < 1.29 is 12.9 Å². The fourth-order valence-corrected chi connectivity index (χ4v) is 3.68. The second-order valence-electron chi connectivity index (χ2n) is 4.93. The molecule has 0 unspecified atom stereocenters. The number of rotatable bonds is 4. The van der Waals surface area contributed by atoms with Crippen molar-refractivity contribution in [2.45, 2.75) is 32.1 Å². The number of aryl methyl sites for hydroxylation is 1. The van der Waals surface area contributed by atoms with Crippen molar-refractivity contribution in [2.24, 2.45) is 0 Å². The third kappa shape index (κ3) is 2.96. The van der Waals surface area contributed by atoms with E-state index in [2.05, 4.69) is 15.1 Å². The molecule has 2 aromatic heterocycles. The van der Waals surface area contributed by atoms with Gasteiger partial charge in [0.15, 0.2) is 5.76 Å². The molecule has 1 aliphatic rings. The monoisotopic (exact) mass is 308 g/mol. The zero-order chi connectivity index (χ0) is 14.9. The van der Waals surface area contributed by atoms with E-state index in [9.17, 15) is 8.42 Å². The van der Waals surface area contributed by atoms with E-state index in [1.54, 1.807) is 18.5 Å². The molecular formula is C13H16N4O3S. The molecule has 0 saturated carbocycles. The maximum Gasteiger partial charge on any atom is 0.221 e. The Labute approximate surface area is 123 Å². The van der Waals surface area contributed by atoms with Crippen LogP contribution < -0.4 is 0 Å². The summed E-state index contributed by atoms with van der Waals surface area (Å²) in [5.74, 6) is 0.201. The van der Waals surface area contributed by atoms with Gasteiger partial charge in [-0.2, -0.15) is 4.31 Å². The summed E-state index contributed by atoms with van der Waals surface area (Å²) in [5.41, 5.74) is 2.35. The van der Waals surface area contributed by atoms with Crippen LogP contribution in [0.2, 0.25) is 0 Å². The Morgan fingerprint density at radius 1 is 1.29 bits per heavy atom. The van der Waals surface area contributed by atoms with Crippen LogP contribution in [0.4, 0.5) is 0 Å². The molecule has 2 aromatic rings. The minimum absolute atomic E-state index is 0.171. The summed E-state index contributed by atoms with van der Waals surface area (Å²) in [6, 6.07) is 1.69. The summed E-state index contributed by atoms with van der Waals surface area (Å²) >= 11 is 0. The third-order valence-corrected chi connectivity index (χ3v) is 5.22. The van der Waals surface area contributed by atoms with Crippen LogP contribution >= 0.6 is 0 Å². The molecule has 0 N–H and O–H groups in total. The second-order valence-corrected chi connectivity index (χ2v) is 6.90. The van der Waals surface area contributed by atoms with E-state index >= 15 is 0 Å². The van der Waals surface area contributed by atoms with Gasteiger partial charge in [-0.3, -0.25) is 9.97 Å². The molecule has 7 nitrogen and oxygen atoms in total. The molecule has 0 spiro atoms. The third-order valence-electron chi connectivity index (χ3n) is 3.47. The summed E-state index contributed by atoms with van der Waals surface area (Å²) in [7, 11) is -3.44. The first-order valence-electron chi connectivity index (χ1n) is 6.79. The van der Waals surface area contributed by atoms with Gasteiger partial charge in [-0.15, -0.1) is 0 Å². The minimum atomic E-state index is -3.44. The lowest BCUT2D eigenvalue weighted by atomic mass is 10.2. The summed E-state index contributed by atoms with van der Waals surface area (Å²) in [6.07, 6.45) is 4.51. The van der Waals surface area contributed by atoms with Gasteiger partial charge in [0, 0.05) is 31.4 Å². The predicted octanol–water partition coefficient (Wildman–Crippen LogP) is 0.915. The summed E-state index contributed by atoms with van der Waals surface area (Å²) < 4.78 is 31.4. The van der Waals surface area contributed by atoms with E-state index in [4.69, 9.17) is 4.52 Å². The zero-order valence-electron chi connectivity index (χ0n) is 11.7. The molecule has 0 aromatic carbocycles. The Bertz CT molecular complexity index is 741. The van der Waals surface area contributed by atoms with Crippen LogP contribution in [0, 0.1) is 0 Å². The fourth-order valence-electron chi connectivity index (χ4n) is 2.31. The van der Waals surface area contributed by atoms with E-state index in [0.717, 1.165) is 23.5 Å². The van der Waals surface area contributed by atoms with Crippen molar-refractivity contribution in [3.05, 3.63) is 41.3 Å². The fraction of sp³-hybridized carbons (Fsp3) is 0.462. The van der Waals surface area contributed by atoms with E-state index in [0.29, 0.717) is 18.7 Å². The molecule has 0 bridgehead atoms. The van der Waals surface area contributed by atoms with Crippen LogP contribution in [0.5, 0.6) is 0 Å². The van der Waals surface area contributed by atoms with E-state index in [1.807, 2.05) is 6.92 Å². The Morgan fingerprint density at radius 2 is 2.05 bits per heavy atom. The first kappa shape index (κ1) is 14.2. The average Bonchev–Trinajstić information content (AvgIpc) is 2.93. The van der Waals surface area contributed by atoms with Gasteiger partial charge in [0.2, 0.25) is 10.0 Å². The van der Waals surface area contributed by atoms with Gasteiger partial charge in [-0.05, 0) is 6.42 Å². The summed E-state index contributed by atoms with van der Waals surface area (Å²) in [5, 5.41) is 3.82. The lowest BCUT2D eigenvalue weighted by molar-refractivity contribution is 0.365. The van der Waals surface area contributed by atoms with Crippen LogP contribution in [0.1, 0.15) is 29.8 Å². The minimum Gasteiger partial charge on any atom is -0.360 e.